The Kier molecular flexibility index (Phi) is 7.06. The molecule has 0 spiro atoms. The van der Waals surface area contributed by atoms with Crippen molar-refractivity contribution in [1.82, 2.24) is 5.43 Å². The fourth-order valence-electron chi connectivity index (χ4n) is 3.09. The summed E-state index contributed by atoms with van der Waals surface area (Å²) < 4.78 is 7.86. The zero-order valence-electron chi connectivity index (χ0n) is 16.8. The molecule has 4 rings (SSSR count). The number of nitrogens with one attached hydrogen (secondary N) is 1. The van der Waals surface area contributed by atoms with E-state index in [1.165, 1.54) is 0 Å². The van der Waals surface area contributed by atoms with Crippen molar-refractivity contribution in [2.45, 2.75) is 6.61 Å². The Morgan fingerprint density at radius 3 is 2.47 bits per heavy atom. The van der Waals surface area contributed by atoms with Crippen LogP contribution in [0.25, 0.3) is 10.8 Å². The molecular weight excluding hydrogens is 583 g/mol. The average Bonchev–Trinajstić information content (AvgIpc) is 2.79. The van der Waals surface area contributed by atoms with Gasteiger partial charge in [-0.3, -0.25) is 4.79 Å². The molecule has 0 aromatic heterocycles. The van der Waals surface area contributed by atoms with Crippen molar-refractivity contribution in [2.75, 3.05) is 0 Å². The molecule has 4 aromatic carbocycles. The lowest BCUT2D eigenvalue weighted by Gasteiger charge is -2.09. The average molecular weight is 601 g/mol. The first-order valence-electron chi connectivity index (χ1n) is 9.71. The van der Waals surface area contributed by atoms with Crippen LogP contribution in [0.1, 0.15) is 21.5 Å². The number of hydrazone groups is 1. The summed E-state index contributed by atoms with van der Waals surface area (Å²) in [4.78, 5) is 12.5. The SMILES string of the molecule is O=C(NN=Cc1ccc(OCc2ccc(Br)cc2)c(I)c1)c1cc2ccccc2cc1O. The van der Waals surface area contributed by atoms with Crippen molar-refractivity contribution >= 4 is 61.4 Å². The second-order valence-corrected chi connectivity index (χ2v) is 9.10. The van der Waals surface area contributed by atoms with Crippen LogP contribution < -0.4 is 10.2 Å². The molecule has 160 valence electrons. The third-order valence-corrected chi connectivity index (χ3v) is 6.12. The summed E-state index contributed by atoms with van der Waals surface area (Å²) in [5.74, 6) is 0.211. The normalized spacial score (nSPS) is 11.1. The molecule has 0 aliphatic carbocycles. The Morgan fingerprint density at radius 2 is 1.75 bits per heavy atom. The Hall–Kier alpha value is -2.91. The predicted octanol–water partition coefficient (Wildman–Crippen LogP) is 6.26. The van der Waals surface area contributed by atoms with Gasteiger partial charge < -0.3 is 9.84 Å². The third-order valence-electron chi connectivity index (χ3n) is 4.75. The summed E-state index contributed by atoms with van der Waals surface area (Å²) in [6.07, 6.45) is 1.55. The van der Waals surface area contributed by atoms with Crippen molar-refractivity contribution in [1.29, 1.82) is 0 Å². The highest BCUT2D eigenvalue weighted by Gasteiger charge is 2.11. The van der Waals surface area contributed by atoms with E-state index in [1.807, 2.05) is 66.7 Å². The molecular formula is C25H18BrIN2O3. The lowest BCUT2D eigenvalue weighted by molar-refractivity contribution is 0.0952. The Labute approximate surface area is 207 Å². The number of carbonyl (C=O) groups is 1. The van der Waals surface area contributed by atoms with Crippen LogP contribution in [0.2, 0.25) is 0 Å². The predicted molar refractivity (Wildman–Crippen MR) is 138 cm³/mol. The van der Waals surface area contributed by atoms with E-state index in [-0.39, 0.29) is 11.3 Å². The molecule has 32 heavy (non-hydrogen) atoms. The van der Waals surface area contributed by atoms with Crippen LogP contribution in [-0.4, -0.2) is 17.2 Å². The minimum absolute atomic E-state index is 0.0850. The van der Waals surface area contributed by atoms with E-state index < -0.39 is 5.91 Å². The van der Waals surface area contributed by atoms with E-state index in [1.54, 1.807) is 18.3 Å². The van der Waals surface area contributed by atoms with Gasteiger partial charge in [0.15, 0.2) is 0 Å². The lowest BCUT2D eigenvalue weighted by Crippen LogP contribution is -2.17. The van der Waals surface area contributed by atoms with Gasteiger partial charge in [0.1, 0.15) is 18.1 Å². The number of hydrogen-bond acceptors (Lipinski definition) is 4. The number of fused-ring (bicyclic) bond motifs is 1. The van der Waals surface area contributed by atoms with E-state index in [2.05, 4.69) is 49.0 Å². The number of carbonyl (C=O) groups excluding carboxylic acids is 1. The van der Waals surface area contributed by atoms with Gasteiger partial charge in [0, 0.05) is 4.47 Å². The molecule has 0 saturated carbocycles. The molecule has 0 unspecified atom stereocenters. The van der Waals surface area contributed by atoms with Gasteiger partial charge >= 0.3 is 0 Å². The smallest absolute Gasteiger partial charge is 0.275 e. The Morgan fingerprint density at radius 1 is 1.03 bits per heavy atom. The second kappa shape index (κ2) is 10.1. The molecule has 0 atom stereocenters. The van der Waals surface area contributed by atoms with Gasteiger partial charge in [0.05, 0.1) is 15.3 Å². The van der Waals surface area contributed by atoms with E-state index in [4.69, 9.17) is 4.74 Å². The monoisotopic (exact) mass is 600 g/mol. The number of hydrogen-bond donors (Lipinski definition) is 2. The number of amides is 1. The van der Waals surface area contributed by atoms with E-state index in [9.17, 15) is 9.90 Å². The summed E-state index contributed by atoms with van der Waals surface area (Å²) in [6, 6.07) is 24.4. The highest BCUT2D eigenvalue weighted by Crippen LogP contribution is 2.25. The molecule has 4 aromatic rings. The maximum atomic E-state index is 12.5. The van der Waals surface area contributed by atoms with Crippen LogP contribution in [0.4, 0.5) is 0 Å². The standard InChI is InChI=1S/C25H18BrIN2O3/c26-20-8-5-16(6-9-20)15-32-24-10-7-17(11-22(24)27)14-28-29-25(31)21-12-18-3-1-2-4-19(18)13-23(21)30/h1-14,30H,15H2,(H,29,31). The van der Waals surface area contributed by atoms with E-state index in [0.717, 1.165) is 35.7 Å². The molecule has 0 heterocycles. The fourth-order valence-corrected chi connectivity index (χ4v) is 4.05. The summed E-state index contributed by atoms with van der Waals surface area (Å²) >= 11 is 5.63. The molecule has 0 saturated heterocycles. The molecule has 0 radical (unpaired) electrons. The molecule has 0 bridgehead atoms. The second-order valence-electron chi connectivity index (χ2n) is 7.02. The molecule has 0 aliphatic rings. The zero-order valence-corrected chi connectivity index (χ0v) is 20.5. The van der Waals surface area contributed by atoms with Crippen molar-refractivity contribution in [2.24, 2.45) is 5.10 Å². The molecule has 7 heteroatoms. The number of phenolic OH excluding ortho intramolecular Hbond substituents is 1. The minimum atomic E-state index is -0.478. The molecule has 5 nitrogen and oxygen atoms in total. The van der Waals surface area contributed by atoms with Crippen molar-refractivity contribution < 1.29 is 14.6 Å². The minimum Gasteiger partial charge on any atom is -0.507 e. The van der Waals surface area contributed by atoms with Crippen LogP contribution >= 0.6 is 38.5 Å². The molecule has 1 amide bonds. The van der Waals surface area contributed by atoms with E-state index >= 15 is 0 Å². The number of rotatable bonds is 6. The quantitative estimate of drug-likeness (QED) is 0.156. The van der Waals surface area contributed by atoms with Crippen molar-refractivity contribution in [3.05, 3.63) is 104 Å². The summed E-state index contributed by atoms with van der Waals surface area (Å²) in [6.45, 7) is 0.474. The highest BCUT2D eigenvalue weighted by atomic mass is 127. The third kappa shape index (κ3) is 5.46. The van der Waals surface area contributed by atoms with Crippen LogP contribution in [0.5, 0.6) is 11.5 Å². The van der Waals surface area contributed by atoms with Crippen LogP contribution in [-0.2, 0) is 6.61 Å². The lowest BCUT2D eigenvalue weighted by atomic mass is 10.1. The van der Waals surface area contributed by atoms with Crippen molar-refractivity contribution in [3.63, 3.8) is 0 Å². The van der Waals surface area contributed by atoms with Gasteiger partial charge in [-0.15, -0.1) is 0 Å². The van der Waals surface area contributed by atoms with Gasteiger partial charge in [0.25, 0.3) is 5.91 Å². The van der Waals surface area contributed by atoms with E-state index in [0.29, 0.717) is 6.61 Å². The van der Waals surface area contributed by atoms with Gasteiger partial charge in [-0.2, -0.15) is 5.10 Å². The Balaban J connectivity index is 1.39. The number of aromatic hydroxyl groups is 1. The number of ether oxygens (including phenoxy) is 1. The van der Waals surface area contributed by atoms with Gasteiger partial charge in [-0.05, 0) is 87.0 Å². The number of nitrogens with zero attached hydrogens (tertiary/aromatic N) is 1. The molecule has 0 aliphatic heterocycles. The summed E-state index contributed by atoms with van der Waals surface area (Å²) in [5, 5.41) is 15.9. The van der Waals surface area contributed by atoms with Crippen LogP contribution in [0, 0.1) is 3.57 Å². The van der Waals surface area contributed by atoms with Gasteiger partial charge in [-0.1, -0.05) is 52.3 Å². The Bertz CT molecular complexity index is 1310. The van der Waals surface area contributed by atoms with Crippen LogP contribution in [0.3, 0.4) is 0 Å². The van der Waals surface area contributed by atoms with Gasteiger partial charge in [-0.25, -0.2) is 5.43 Å². The number of benzene rings is 4. The largest absolute Gasteiger partial charge is 0.507 e. The fraction of sp³-hybridized carbons (Fsp3) is 0.0400. The van der Waals surface area contributed by atoms with Crippen LogP contribution in [0.15, 0.2) is 88.4 Å². The number of phenols is 1. The van der Waals surface area contributed by atoms with Crippen molar-refractivity contribution in [3.8, 4) is 11.5 Å². The molecule has 2 N–H and O–H groups in total. The van der Waals surface area contributed by atoms with Gasteiger partial charge in [0.2, 0.25) is 0 Å². The zero-order chi connectivity index (χ0) is 22.5. The summed E-state index contributed by atoms with van der Waals surface area (Å²) in [7, 11) is 0. The first kappa shape index (κ1) is 22.3. The topological polar surface area (TPSA) is 70.9 Å². The summed E-state index contributed by atoms with van der Waals surface area (Å²) in [5.41, 5.74) is 4.54. The first-order valence-corrected chi connectivity index (χ1v) is 11.6. The number of halogens is 2. The molecule has 0 fully saturated rings. The maximum Gasteiger partial charge on any atom is 0.275 e. The maximum absolute atomic E-state index is 12.5. The first-order chi connectivity index (χ1) is 15.5. The highest BCUT2D eigenvalue weighted by molar-refractivity contribution is 14.1.